The molecule has 0 spiro atoms. The third-order valence-corrected chi connectivity index (χ3v) is 4.82. The van der Waals surface area contributed by atoms with Gasteiger partial charge in [0.2, 0.25) is 5.43 Å². The number of halogens is 2. The summed E-state index contributed by atoms with van der Waals surface area (Å²) >= 11 is 0. The monoisotopic (exact) mass is 394 g/mol. The summed E-state index contributed by atoms with van der Waals surface area (Å²) < 4.78 is 44.5. The lowest BCUT2D eigenvalue weighted by Crippen LogP contribution is -2.37. The lowest BCUT2D eigenvalue weighted by Gasteiger charge is -2.30. The molecule has 150 valence electrons. The summed E-state index contributed by atoms with van der Waals surface area (Å²) in [7, 11) is 0. The van der Waals surface area contributed by atoms with Crippen molar-refractivity contribution in [1.82, 2.24) is 9.47 Å². The molecule has 1 saturated heterocycles. The van der Waals surface area contributed by atoms with Gasteiger partial charge in [-0.05, 0) is 24.6 Å². The number of carbonyl (C=O) groups is 1. The van der Waals surface area contributed by atoms with Gasteiger partial charge in [0.05, 0.1) is 30.7 Å². The van der Waals surface area contributed by atoms with E-state index in [4.69, 9.17) is 14.2 Å². The number of pyridine rings is 1. The average molecular weight is 394 g/mol. The molecule has 0 amide bonds. The highest BCUT2D eigenvalue weighted by molar-refractivity contribution is 5.95. The van der Waals surface area contributed by atoms with E-state index < -0.39 is 24.1 Å². The van der Waals surface area contributed by atoms with Crippen molar-refractivity contribution in [2.24, 2.45) is 0 Å². The topological polar surface area (TPSA) is 70.0 Å². The number of benzene rings is 1. The minimum absolute atomic E-state index is 0.0653. The Kier molecular flexibility index (Phi) is 4.80. The van der Waals surface area contributed by atoms with E-state index >= 15 is 0 Å². The number of esters is 1. The number of carbonyl (C=O) groups excluding carboxylic acids is 1. The summed E-state index contributed by atoms with van der Waals surface area (Å²) in [6, 6.07) is 3.17. The van der Waals surface area contributed by atoms with Crippen LogP contribution in [0.1, 0.15) is 22.8 Å². The summed E-state index contributed by atoms with van der Waals surface area (Å²) in [4.78, 5) is 27.2. The fourth-order valence-corrected chi connectivity index (χ4v) is 3.62. The normalized spacial score (nSPS) is 18.7. The lowest BCUT2D eigenvalue weighted by atomic mass is 10.0. The van der Waals surface area contributed by atoms with Crippen LogP contribution in [0.4, 0.5) is 8.78 Å². The van der Waals surface area contributed by atoms with Gasteiger partial charge in [0.15, 0.2) is 5.75 Å². The molecule has 7 nitrogen and oxygen atoms in total. The molecule has 2 aliphatic rings. The highest BCUT2D eigenvalue weighted by Crippen LogP contribution is 2.36. The number of ether oxygens (including phenoxy) is 3. The molecule has 0 N–H and O–H groups in total. The molecule has 2 aliphatic heterocycles. The Labute approximate surface area is 159 Å². The van der Waals surface area contributed by atoms with E-state index in [0.717, 1.165) is 6.20 Å². The summed E-state index contributed by atoms with van der Waals surface area (Å²) in [6.45, 7) is 3.97. The Bertz CT molecular complexity index is 982. The second-order valence-corrected chi connectivity index (χ2v) is 6.84. The van der Waals surface area contributed by atoms with E-state index in [-0.39, 0.29) is 28.8 Å². The van der Waals surface area contributed by atoms with Crippen LogP contribution in [0.2, 0.25) is 0 Å². The lowest BCUT2D eigenvalue weighted by molar-refractivity contribution is -0.189. The van der Waals surface area contributed by atoms with Crippen LogP contribution < -0.4 is 10.2 Å². The molecule has 0 unspecified atom stereocenters. The molecule has 4 rings (SSSR count). The first-order valence-electron chi connectivity index (χ1n) is 9.12. The molecule has 1 aromatic carbocycles. The number of hydrogen-bond acceptors (Lipinski definition) is 6. The van der Waals surface area contributed by atoms with Crippen LogP contribution >= 0.6 is 0 Å². The summed E-state index contributed by atoms with van der Waals surface area (Å²) in [5.41, 5.74) is 0.103. The van der Waals surface area contributed by atoms with Crippen molar-refractivity contribution in [3.8, 4) is 5.75 Å². The second-order valence-electron chi connectivity index (χ2n) is 6.84. The Hall–Kier alpha value is -2.52. The van der Waals surface area contributed by atoms with Crippen molar-refractivity contribution in [3.63, 3.8) is 0 Å². The van der Waals surface area contributed by atoms with Gasteiger partial charge in [-0.25, -0.2) is 4.79 Å². The summed E-state index contributed by atoms with van der Waals surface area (Å²) in [5.74, 6) is -0.891. The van der Waals surface area contributed by atoms with Crippen molar-refractivity contribution in [2.75, 3.05) is 32.9 Å². The van der Waals surface area contributed by atoms with Gasteiger partial charge in [-0.1, -0.05) is 0 Å². The fraction of sp³-hybridized carbons (Fsp3) is 0.474. The quantitative estimate of drug-likeness (QED) is 0.739. The predicted molar refractivity (Wildman–Crippen MR) is 95.8 cm³/mol. The largest absolute Gasteiger partial charge is 0.462 e. The maximum Gasteiger partial charge on any atom is 0.416 e. The molecule has 3 heterocycles. The van der Waals surface area contributed by atoms with Crippen LogP contribution in [0.25, 0.3) is 10.9 Å². The van der Waals surface area contributed by atoms with Gasteiger partial charge in [-0.15, -0.1) is 0 Å². The molecule has 1 fully saturated rings. The molecular weight excluding hydrogens is 374 g/mol. The predicted octanol–water partition coefficient (Wildman–Crippen LogP) is 2.00. The number of nitrogens with zero attached hydrogens (tertiary/aromatic N) is 2. The summed E-state index contributed by atoms with van der Waals surface area (Å²) in [6.07, 6.45) is -2.32. The van der Waals surface area contributed by atoms with Crippen molar-refractivity contribution in [3.05, 3.63) is 39.7 Å². The van der Waals surface area contributed by atoms with Gasteiger partial charge in [-0.2, -0.15) is 8.78 Å². The van der Waals surface area contributed by atoms with Gasteiger partial charge in [0, 0.05) is 25.8 Å². The van der Waals surface area contributed by atoms with E-state index in [2.05, 4.69) is 4.90 Å². The van der Waals surface area contributed by atoms with Crippen molar-refractivity contribution in [2.45, 2.75) is 26.1 Å². The number of hydrogen-bond donors (Lipinski definition) is 0. The zero-order valence-electron chi connectivity index (χ0n) is 15.4. The van der Waals surface area contributed by atoms with Gasteiger partial charge in [0.1, 0.15) is 12.1 Å². The number of aromatic nitrogens is 1. The van der Waals surface area contributed by atoms with Gasteiger partial charge >= 0.3 is 12.1 Å². The average Bonchev–Trinajstić information content (AvgIpc) is 2.64. The van der Waals surface area contributed by atoms with Gasteiger partial charge in [0.25, 0.3) is 0 Å². The van der Waals surface area contributed by atoms with E-state index in [1.54, 1.807) is 13.0 Å². The zero-order valence-corrected chi connectivity index (χ0v) is 15.4. The van der Waals surface area contributed by atoms with E-state index in [1.165, 1.54) is 10.6 Å². The van der Waals surface area contributed by atoms with Crippen LogP contribution in [0.5, 0.6) is 5.75 Å². The molecule has 2 aromatic rings. The Morgan fingerprint density at radius 3 is 2.75 bits per heavy atom. The standard InChI is InChI=1S/C19H20F2N2O5/c1-2-27-18(25)14-10-23-11-19(20,21)28-15-8-12(7-13(16(15)23)17(14)24)9-22-3-5-26-6-4-22/h7-8,10H,2-6,9,11H2,1H3. The highest BCUT2D eigenvalue weighted by Gasteiger charge is 2.38. The molecule has 0 saturated carbocycles. The minimum atomic E-state index is -3.45. The molecule has 0 radical (unpaired) electrons. The second kappa shape index (κ2) is 7.14. The third kappa shape index (κ3) is 3.47. The van der Waals surface area contributed by atoms with Crippen LogP contribution in [-0.2, 0) is 22.6 Å². The molecule has 0 aliphatic carbocycles. The maximum atomic E-state index is 14.1. The molecule has 0 bridgehead atoms. The van der Waals surface area contributed by atoms with Crippen molar-refractivity contribution < 1.29 is 27.8 Å². The molecule has 9 heteroatoms. The number of rotatable bonds is 4. The van der Waals surface area contributed by atoms with E-state index in [1.807, 2.05) is 0 Å². The number of alkyl halides is 2. The van der Waals surface area contributed by atoms with E-state index in [9.17, 15) is 18.4 Å². The Morgan fingerprint density at radius 2 is 2.04 bits per heavy atom. The molecule has 1 aromatic heterocycles. The third-order valence-electron chi connectivity index (χ3n) is 4.82. The van der Waals surface area contributed by atoms with Gasteiger partial charge in [-0.3, -0.25) is 9.69 Å². The van der Waals surface area contributed by atoms with Crippen molar-refractivity contribution in [1.29, 1.82) is 0 Å². The molecular formula is C19H20F2N2O5. The van der Waals surface area contributed by atoms with Crippen LogP contribution in [0.3, 0.4) is 0 Å². The maximum absolute atomic E-state index is 14.1. The molecule has 0 atom stereocenters. The van der Waals surface area contributed by atoms with Crippen molar-refractivity contribution >= 4 is 16.9 Å². The molecule has 28 heavy (non-hydrogen) atoms. The van der Waals surface area contributed by atoms with Crippen LogP contribution in [0, 0.1) is 0 Å². The Morgan fingerprint density at radius 1 is 1.29 bits per heavy atom. The van der Waals surface area contributed by atoms with Crippen LogP contribution in [-0.4, -0.2) is 54.5 Å². The Balaban J connectivity index is 1.85. The number of morpholine rings is 1. The fourth-order valence-electron chi connectivity index (χ4n) is 3.62. The first-order chi connectivity index (χ1) is 13.4. The zero-order chi connectivity index (χ0) is 19.9. The smallest absolute Gasteiger partial charge is 0.416 e. The minimum Gasteiger partial charge on any atom is -0.462 e. The van der Waals surface area contributed by atoms with Gasteiger partial charge < -0.3 is 18.8 Å². The van der Waals surface area contributed by atoms with E-state index in [0.29, 0.717) is 38.4 Å². The summed E-state index contributed by atoms with van der Waals surface area (Å²) in [5, 5.41) is 0.168. The van der Waals surface area contributed by atoms with Crippen LogP contribution in [0.15, 0.2) is 23.1 Å². The first-order valence-corrected chi connectivity index (χ1v) is 9.12. The first kappa shape index (κ1) is 18.8. The SMILES string of the molecule is CCOC(=O)c1cn2c3c(cc(CN4CCOCC4)cc3c1=O)OC(F)(F)C2. The highest BCUT2D eigenvalue weighted by atomic mass is 19.3.